The van der Waals surface area contributed by atoms with E-state index in [0.717, 1.165) is 44.1 Å². The zero-order chi connectivity index (χ0) is 26.5. The van der Waals surface area contributed by atoms with E-state index in [1.807, 2.05) is 66.7 Å². The van der Waals surface area contributed by atoms with Crippen LogP contribution in [-0.4, -0.2) is 24.4 Å². The lowest BCUT2D eigenvalue weighted by Gasteiger charge is -2.06. The van der Waals surface area contributed by atoms with Crippen molar-refractivity contribution in [2.75, 3.05) is 0 Å². The fraction of sp³-hybridized carbons (Fsp3) is 0. The molecule has 0 N–H and O–H groups in total. The van der Waals surface area contributed by atoms with E-state index in [9.17, 15) is 0 Å². The summed E-state index contributed by atoms with van der Waals surface area (Å²) < 4.78 is 4.35. The predicted octanol–water partition coefficient (Wildman–Crippen LogP) is 6.86. The fourth-order valence-corrected chi connectivity index (χ4v) is 5.50. The van der Waals surface area contributed by atoms with Crippen molar-refractivity contribution in [3.8, 4) is 28.5 Å². The first-order chi connectivity index (χ1) is 19.8. The Bertz CT molecular complexity index is 2090. The van der Waals surface area contributed by atoms with Gasteiger partial charge in [-0.1, -0.05) is 108 Å². The maximum Gasteiger partial charge on any atom is 0.235 e. The largest absolute Gasteiger partial charge is 0.316 e. The predicted molar refractivity (Wildman–Crippen MR) is 158 cm³/mol. The van der Waals surface area contributed by atoms with E-state index in [0.29, 0.717) is 11.6 Å². The summed E-state index contributed by atoms with van der Waals surface area (Å²) in [6.45, 7) is 0. The summed E-state index contributed by atoms with van der Waals surface area (Å²) in [6.07, 6.45) is 2.14. The van der Waals surface area contributed by atoms with Gasteiger partial charge >= 0.3 is 0 Å². The molecule has 0 aliphatic rings. The van der Waals surface area contributed by atoms with Crippen LogP contribution in [0.1, 0.15) is 0 Å². The van der Waals surface area contributed by atoms with Crippen molar-refractivity contribution in [1.29, 1.82) is 0 Å². The van der Waals surface area contributed by atoms with Gasteiger partial charge in [-0.05, 0) is 30.3 Å². The zero-order valence-corrected chi connectivity index (χ0v) is 21.5. The number of hydrogen-bond donors (Lipinski definition) is 0. The van der Waals surface area contributed by atoms with Gasteiger partial charge in [0.2, 0.25) is 11.6 Å². The number of hydrogen-bond acceptors (Lipinski definition) is 3. The third-order valence-electron chi connectivity index (χ3n) is 7.32. The molecule has 6 nitrogen and oxygen atoms in total. The van der Waals surface area contributed by atoms with Crippen molar-refractivity contribution >= 4 is 32.7 Å². The SMILES string of the molecule is c1ccc(-c2nc(-c3ccccc3)n[n+](-n3c4ccccc4c4c5c(ccc43)ccn5-c3ccccc3)n2)cc1. The monoisotopic (exact) mass is 515 g/mol. The van der Waals surface area contributed by atoms with Crippen LogP contribution in [0.4, 0.5) is 0 Å². The molecule has 3 aromatic heterocycles. The van der Waals surface area contributed by atoms with Crippen LogP contribution in [0.25, 0.3) is 61.2 Å². The Balaban J connectivity index is 1.48. The van der Waals surface area contributed by atoms with Gasteiger partial charge in [-0.3, -0.25) is 0 Å². The van der Waals surface area contributed by atoms with Crippen molar-refractivity contribution in [3.05, 3.63) is 140 Å². The molecule has 5 aromatic carbocycles. The van der Waals surface area contributed by atoms with Gasteiger partial charge in [0.05, 0.1) is 15.7 Å². The second kappa shape index (κ2) is 8.99. The number of nitrogens with zero attached hydrogens (tertiary/aromatic N) is 6. The van der Waals surface area contributed by atoms with Crippen LogP contribution in [0.2, 0.25) is 0 Å². The van der Waals surface area contributed by atoms with Crippen molar-refractivity contribution in [3.63, 3.8) is 0 Å². The van der Waals surface area contributed by atoms with Crippen molar-refractivity contribution in [1.82, 2.24) is 24.4 Å². The summed E-state index contributed by atoms with van der Waals surface area (Å²) in [5, 5.41) is 13.4. The van der Waals surface area contributed by atoms with E-state index in [1.54, 1.807) is 4.91 Å². The van der Waals surface area contributed by atoms with E-state index in [-0.39, 0.29) is 0 Å². The summed E-state index contributed by atoms with van der Waals surface area (Å²) in [6, 6.07) is 45.5. The van der Waals surface area contributed by atoms with Gasteiger partial charge in [0, 0.05) is 39.2 Å². The molecule has 0 aliphatic carbocycles. The van der Waals surface area contributed by atoms with E-state index in [2.05, 4.69) is 82.2 Å². The summed E-state index contributed by atoms with van der Waals surface area (Å²) in [5.41, 5.74) is 6.15. The van der Waals surface area contributed by atoms with E-state index >= 15 is 0 Å². The first-order valence-corrected chi connectivity index (χ1v) is 13.2. The topological polar surface area (TPSA) is 52.4 Å². The number of rotatable bonds is 4. The minimum Gasteiger partial charge on any atom is -0.316 e. The number of aromatic nitrogens is 6. The smallest absolute Gasteiger partial charge is 0.235 e. The van der Waals surface area contributed by atoms with Crippen molar-refractivity contribution in [2.24, 2.45) is 0 Å². The summed E-state index contributed by atoms with van der Waals surface area (Å²) in [4.78, 5) is 6.58. The molecule has 8 aromatic rings. The molecule has 188 valence electrons. The molecule has 6 heteroatoms. The van der Waals surface area contributed by atoms with Gasteiger partial charge in [-0.15, -0.1) is 0 Å². The molecule has 3 heterocycles. The Morgan fingerprint density at radius 3 is 1.80 bits per heavy atom. The van der Waals surface area contributed by atoms with Crippen molar-refractivity contribution < 1.29 is 4.91 Å². The zero-order valence-electron chi connectivity index (χ0n) is 21.5. The average molecular weight is 516 g/mol. The van der Waals surface area contributed by atoms with Gasteiger partial charge in [0.25, 0.3) is 0 Å². The van der Waals surface area contributed by atoms with E-state index in [4.69, 9.17) is 15.2 Å². The third-order valence-corrected chi connectivity index (χ3v) is 7.32. The van der Waals surface area contributed by atoms with E-state index < -0.39 is 0 Å². The first-order valence-electron chi connectivity index (χ1n) is 13.2. The van der Waals surface area contributed by atoms with E-state index in [1.165, 1.54) is 5.39 Å². The molecule has 0 fully saturated rings. The first kappa shape index (κ1) is 22.4. The number of para-hydroxylation sites is 2. The quantitative estimate of drug-likeness (QED) is 0.241. The highest BCUT2D eigenvalue weighted by molar-refractivity contribution is 6.19. The molecular formula is C34H23N6+. The molecule has 0 unspecified atom stereocenters. The lowest BCUT2D eigenvalue weighted by Crippen LogP contribution is -2.49. The molecule has 8 rings (SSSR count). The Labute approximate surface area is 230 Å². The highest BCUT2D eigenvalue weighted by atomic mass is 15.7. The van der Waals surface area contributed by atoms with Crippen LogP contribution in [0.15, 0.2) is 140 Å². The second-order valence-electron chi connectivity index (χ2n) is 9.71. The molecule has 40 heavy (non-hydrogen) atoms. The average Bonchev–Trinajstić information content (AvgIpc) is 3.61. The Hall–Kier alpha value is -5.62. The van der Waals surface area contributed by atoms with Gasteiger partial charge < -0.3 is 4.57 Å². The Morgan fingerprint density at radius 2 is 1.12 bits per heavy atom. The van der Waals surface area contributed by atoms with Crippen LogP contribution in [-0.2, 0) is 0 Å². The lowest BCUT2D eigenvalue weighted by molar-refractivity contribution is -0.827. The normalized spacial score (nSPS) is 11.5. The van der Waals surface area contributed by atoms with Gasteiger partial charge in [0.1, 0.15) is 11.0 Å². The fourth-order valence-electron chi connectivity index (χ4n) is 5.50. The molecule has 0 radical (unpaired) electrons. The summed E-state index contributed by atoms with van der Waals surface area (Å²) in [7, 11) is 0. The number of fused-ring (bicyclic) bond motifs is 5. The molecular weight excluding hydrogens is 492 g/mol. The Morgan fingerprint density at radius 1 is 0.525 bits per heavy atom. The highest BCUT2D eigenvalue weighted by Gasteiger charge is 2.26. The molecule has 0 aliphatic heterocycles. The van der Waals surface area contributed by atoms with Gasteiger partial charge in [0.15, 0.2) is 4.91 Å². The van der Waals surface area contributed by atoms with Crippen LogP contribution >= 0.6 is 0 Å². The third kappa shape index (κ3) is 3.50. The lowest BCUT2D eigenvalue weighted by atomic mass is 10.1. The van der Waals surface area contributed by atoms with Crippen molar-refractivity contribution in [2.45, 2.75) is 0 Å². The maximum absolute atomic E-state index is 4.97. The second-order valence-corrected chi connectivity index (χ2v) is 9.71. The number of benzene rings is 5. The Kier molecular flexibility index (Phi) is 5.03. The maximum atomic E-state index is 4.97. The summed E-state index contributed by atoms with van der Waals surface area (Å²) in [5.74, 6) is 1.21. The standard InChI is InChI=1S/C34H23N6/c1-4-12-25(13-5-1)33-35-34(26-14-6-2-7-15-26)37-40(36-33)39-29-19-11-10-18-28(29)31-30(39)21-20-24-22-23-38(32(24)31)27-16-8-3-9-17-27/h1-23H/q+1. The molecule has 0 bridgehead atoms. The van der Waals surface area contributed by atoms with Gasteiger partial charge in [-0.25, -0.2) is 0 Å². The van der Waals surface area contributed by atoms with Crippen LogP contribution in [0.5, 0.6) is 0 Å². The molecule has 0 atom stereocenters. The van der Waals surface area contributed by atoms with Crippen LogP contribution in [0.3, 0.4) is 0 Å². The molecule has 0 amide bonds. The van der Waals surface area contributed by atoms with Crippen LogP contribution < -0.4 is 4.91 Å². The minimum absolute atomic E-state index is 0.606. The summed E-state index contributed by atoms with van der Waals surface area (Å²) >= 11 is 0. The highest BCUT2D eigenvalue weighted by Crippen LogP contribution is 2.35. The molecule has 0 saturated heterocycles. The molecule has 0 spiro atoms. The van der Waals surface area contributed by atoms with Gasteiger partial charge in [-0.2, -0.15) is 4.98 Å². The minimum atomic E-state index is 0.606. The molecule has 0 saturated carbocycles. The van der Waals surface area contributed by atoms with Crippen LogP contribution in [0, 0.1) is 0 Å².